The molecule has 1 atom stereocenters. The van der Waals surface area contributed by atoms with Crippen LogP contribution in [0.2, 0.25) is 0 Å². The summed E-state index contributed by atoms with van der Waals surface area (Å²) in [5.41, 5.74) is -0.958. The van der Waals surface area contributed by atoms with Gasteiger partial charge in [-0.15, -0.1) is 5.10 Å². The van der Waals surface area contributed by atoms with Gasteiger partial charge in [-0.05, 0) is 35.4 Å². The van der Waals surface area contributed by atoms with Crippen LogP contribution in [0.1, 0.15) is 28.1 Å². The van der Waals surface area contributed by atoms with Crippen molar-refractivity contribution in [2.45, 2.75) is 11.8 Å². The van der Waals surface area contributed by atoms with Crippen LogP contribution in [0.5, 0.6) is 5.88 Å². The zero-order valence-corrected chi connectivity index (χ0v) is 20.4. The molecule has 0 saturated carbocycles. The van der Waals surface area contributed by atoms with E-state index in [-0.39, 0.29) is 22.6 Å². The predicted molar refractivity (Wildman–Crippen MR) is 130 cm³/mol. The molecule has 1 N–H and O–H groups in total. The fourth-order valence-electron chi connectivity index (χ4n) is 4.60. The number of nitriles is 1. The highest BCUT2D eigenvalue weighted by Crippen LogP contribution is 2.41. The third kappa shape index (κ3) is 3.84. The Balaban J connectivity index is 1.82. The highest BCUT2D eigenvalue weighted by Gasteiger charge is 2.40. The number of hydrogen-bond donors (Lipinski definition) is 1. The lowest BCUT2D eigenvalue weighted by Crippen LogP contribution is -2.33. The van der Waals surface area contributed by atoms with Gasteiger partial charge in [0.25, 0.3) is 0 Å². The molecule has 9 nitrogen and oxygen atoms in total. The van der Waals surface area contributed by atoms with Crippen molar-refractivity contribution >= 4 is 10.9 Å². The quantitative estimate of drug-likeness (QED) is 0.374. The van der Waals surface area contributed by atoms with E-state index < -0.39 is 17.3 Å². The molecule has 3 heterocycles. The molecule has 0 aliphatic carbocycles. The van der Waals surface area contributed by atoms with Gasteiger partial charge in [-0.1, -0.05) is 23.4 Å². The number of alkyl halides is 3. The fourth-order valence-corrected chi connectivity index (χ4v) is 4.60. The molecule has 0 radical (unpaired) electrons. The maximum atomic E-state index is 13.5. The first-order valence-corrected chi connectivity index (χ1v) is 11.2. The highest BCUT2D eigenvalue weighted by atomic mass is 19.4. The van der Waals surface area contributed by atoms with Crippen molar-refractivity contribution in [1.82, 2.24) is 29.5 Å². The van der Waals surface area contributed by atoms with Gasteiger partial charge in [-0.3, -0.25) is 0 Å². The van der Waals surface area contributed by atoms with E-state index in [1.165, 1.54) is 42.6 Å². The van der Waals surface area contributed by atoms with Crippen LogP contribution in [0.3, 0.4) is 0 Å². The van der Waals surface area contributed by atoms with E-state index in [0.717, 1.165) is 12.1 Å². The predicted octanol–water partition coefficient (Wildman–Crippen LogP) is 3.95. The summed E-state index contributed by atoms with van der Waals surface area (Å²) in [5.74, 6) is -0.00106. The van der Waals surface area contributed by atoms with Crippen LogP contribution in [-0.4, -0.2) is 41.7 Å². The molecule has 0 aliphatic heterocycles. The third-order valence-corrected chi connectivity index (χ3v) is 6.43. The number of imidazole rings is 1. The fraction of sp³-hybridized carbons (Fsp3) is 0.192. The number of halogens is 3. The Bertz CT molecular complexity index is 1680. The number of hydrogen-bond acceptors (Lipinski definition) is 7. The zero-order valence-electron chi connectivity index (χ0n) is 20.4. The van der Waals surface area contributed by atoms with Gasteiger partial charge in [0.15, 0.2) is 5.60 Å². The van der Waals surface area contributed by atoms with E-state index in [1.54, 1.807) is 36.9 Å². The monoisotopic (exact) mass is 519 g/mol. The normalized spacial score (nSPS) is 13.3. The van der Waals surface area contributed by atoms with Gasteiger partial charge in [0, 0.05) is 19.5 Å². The average Bonchev–Trinajstić information content (AvgIpc) is 3.54. The number of rotatable bonds is 5. The Labute approximate surface area is 214 Å². The zero-order chi connectivity index (χ0) is 27.2. The van der Waals surface area contributed by atoms with Crippen molar-refractivity contribution in [1.29, 1.82) is 5.26 Å². The van der Waals surface area contributed by atoms with Gasteiger partial charge in [0.05, 0.1) is 53.7 Å². The molecule has 0 saturated heterocycles. The van der Waals surface area contributed by atoms with Crippen LogP contribution in [0.4, 0.5) is 13.2 Å². The summed E-state index contributed by atoms with van der Waals surface area (Å²) < 4.78 is 48.8. The van der Waals surface area contributed by atoms with Crippen LogP contribution in [-0.2, 0) is 25.9 Å². The summed E-state index contributed by atoms with van der Waals surface area (Å²) in [7, 11) is 4.68. The first kappa shape index (κ1) is 24.9. The number of ether oxygens (including phenoxy) is 1. The molecule has 12 heteroatoms. The summed E-state index contributed by atoms with van der Waals surface area (Å²) in [5, 5.41) is 30.6. The summed E-state index contributed by atoms with van der Waals surface area (Å²) >= 11 is 0. The molecule has 192 valence electrons. The van der Waals surface area contributed by atoms with Crippen molar-refractivity contribution in [3.63, 3.8) is 0 Å². The lowest BCUT2D eigenvalue weighted by Gasteiger charge is -2.29. The number of benzene rings is 2. The molecule has 0 aliphatic rings. The highest BCUT2D eigenvalue weighted by molar-refractivity contribution is 5.94. The van der Waals surface area contributed by atoms with Crippen molar-refractivity contribution in [3.05, 3.63) is 89.3 Å². The minimum Gasteiger partial charge on any atom is -0.480 e. The molecule has 3 aromatic heterocycles. The Hall–Kier alpha value is -4.76. The summed E-state index contributed by atoms with van der Waals surface area (Å²) in [6.07, 6.45) is -0.125. The first-order chi connectivity index (χ1) is 18.1. The van der Waals surface area contributed by atoms with Gasteiger partial charge in [-0.2, -0.15) is 18.4 Å². The van der Waals surface area contributed by atoms with Gasteiger partial charge in [0.2, 0.25) is 5.88 Å². The molecule has 0 fully saturated rings. The SMILES string of the molecule is COc1nc2ccc([C@@](O)(c3cncn3C)c3cnnn3C)cc2c(C#N)c1-c1cccc(C(F)(F)F)c1. The minimum absolute atomic E-state index is 0.00106. The second kappa shape index (κ2) is 8.97. The van der Waals surface area contributed by atoms with Gasteiger partial charge in [0.1, 0.15) is 11.8 Å². The molecular weight excluding hydrogens is 499 g/mol. The smallest absolute Gasteiger partial charge is 0.416 e. The Morgan fingerprint density at radius 3 is 2.42 bits per heavy atom. The molecule has 2 aromatic carbocycles. The Morgan fingerprint density at radius 2 is 1.82 bits per heavy atom. The van der Waals surface area contributed by atoms with Crippen LogP contribution >= 0.6 is 0 Å². The van der Waals surface area contributed by atoms with Gasteiger partial charge < -0.3 is 14.4 Å². The van der Waals surface area contributed by atoms with Crippen molar-refractivity contribution in [3.8, 4) is 23.1 Å². The number of aryl methyl sites for hydroxylation is 2. The molecule has 0 amide bonds. The number of nitrogens with zero attached hydrogens (tertiary/aromatic N) is 7. The molecular formula is C26H20F3N7O2. The van der Waals surface area contributed by atoms with Crippen LogP contribution in [0.25, 0.3) is 22.0 Å². The first-order valence-electron chi connectivity index (χ1n) is 11.2. The third-order valence-electron chi connectivity index (χ3n) is 6.43. The lowest BCUT2D eigenvalue weighted by molar-refractivity contribution is -0.137. The minimum atomic E-state index is -4.58. The molecule has 0 unspecified atom stereocenters. The van der Waals surface area contributed by atoms with E-state index in [1.807, 2.05) is 0 Å². The average molecular weight is 519 g/mol. The van der Waals surface area contributed by atoms with Crippen LogP contribution < -0.4 is 4.74 Å². The lowest BCUT2D eigenvalue weighted by atomic mass is 9.85. The van der Waals surface area contributed by atoms with E-state index in [0.29, 0.717) is 27.9 Å². The van der Waals surface area contributed by atoms with Crippen molar-refractivity contribution < 1.29 is 23.0 Å². The summed E-state index contributed by atoms with van der Waals surface area (Å²) in [6.45, 7) is 0. The number of methoxy groups -OCH3 is 1. The molecule has 0 bridgehead atoms. The summed E-state index contributed by atoms with van der Waals surface area (Å²) in [6, 6.07) is 11.5. The second-order valence-electron chi connectivity index (χ2n) is 8.64. The molecule has 0 spiro atoms. The van der Waals surface area contributed by atoms with Crippen molar-refractivity contribution in [2.24, 2.45) is 14.1 Å². The second-order valence-corrected chi connectivity index (χ2v) is 8.64. The number of aromatic nitrogens is 6. The Kier molecular flexibility index (Phi) is 5.88. The van der Waals surface area contributed by atoms with E-state index >= 15 is 0 Å². The number of fused-ring (bicyclic) bond motifs is 1. The van der Waals surface area contributed by atoms with Crippen LogP contribution in [0.15, 0.2) is 61.2 Å². The standard InChI is InChI=1S/C26H20F3N7O2/c1-35-14-31-12-21(35)25(37,22-13-32-34-36(22)2)16-7-8-20-18(10-16)19(11-30)23(24(33-20)38-3)15-5-4-6-17(9-15)26(27,28)29/h4-10,12-14,37H,1-3H3/t25-/m1/s1. The maximum Gasteiger partial charge on any atom is 0.416 e. The topological polar surface area (TPSA) is 115 Å². The largest absolute Gasteiger partial charge is 0.480 e. The van der Waals surface area contributed by atoms with E-state index in [9.17, 15) is 23.5 Å². The Morgan fingerprint density at radius 1 is 1.03 bits per heavy atom. The van der Waals surface area contributed by atoms with E-state index in [4.69, 9.17) is 4.74 Å². The van der Waals surface area contributed by atoms with E-state index in [2.05, 4.69) is 26.3 Å². The molecule has 38 heavy (non-hydrogen) atoms. The number of aliphatic hydroxyl groups is 1. The summed E-state index contributed by atoms with van der Waals surface area (Å²) in [4.78, 5) is 8.60. The molecule has 5 aromatic rings. The molecule has 5 rings (SSSR count). The van der Waals surface area contributed by atoms with Gasteiger partial charge in [-0.25, -0.2) is 14.6 Å². The van der Waals surface area contributed by atoms with Crippen LogP contribution in [0, 0.1) is 11.3 Å². The van der Waals surface area contributed by atoms with Gasteiger partial charge >= 0.3 is 6.18 Å². The number of pyridine rings is 1. The maximum absolute atomic E-state index is 13.5. The van der Waals surface area contributed by atoms with Crippen molar-refractivity contribution in [2.75, 3.05) is 7.11 Å².